The molecule has 54 valence electrons. The van der Waals surface area contributed by atoms with Crippen LogP contribution >= 0.6 is 0 Å². The highest BCUT2D eigenvalue weighted by Gasteiger charge is 2.25. The predicted molar refractivity (Wildman–Crippen MR) is 32.0 cm³/mol. The van der Waals surface area contributed by atoms with Gasteiger partial charge in [-0.15, -0.1) is 0 Å². The summed E-state index contributed by atoms with van der Waals surface area (Å²) < 4.78 is 5.05. The lowest BCUT2D eigenvalue weighted by molar-refractivity contribution is -0.115. The van der Waals surface area contributed by atoms with Crippen molar-refractivity contribution in [3.63, 3.8) is 0 Å². The zero-order chi connectivity index (χ0) is 6.85. The molecule has 3 nitrogen and oxygen atoms in total. The van der Waals surface area contributed by atoms with Gasteiger partial charge in [0.15, 0.2) is 0 Å². The van der Waals surface area contributed by atoms with Gasteiger partial charge < -0.3 is 14.9 Å². The van der Waals surface area contributed by atoms with Crippen molar-refractivity contribution in [2.24, 2.45) is 0 Å². The van der Waals surface area contributed by atoms with Gasteiger partial charge in [-0.05, 0) is 6.92 Å². The standard InChI is InChI=1S/C6H12O3/c1-4-2-5(7)6(8)3-9-4/h4-8H,2-3H2,1H3/t4?,5?,6-/m0/s1. The van der Waals surface area contributed by atoms with Crippen molar-refractivity contribution in [3.8, 4) is 0 Å². The normalized spacial score (nSPS) is 45.0. The van der Waals surface area contributed by atoms with Crippen molar-refractivity contribution >= 4 is 0 Å². The van der Waals surface area contributed by atoms with Gasteiger partial charge in [-0.2, -0.15) is 0 Å². The van der Waals surface area contributed by atoms with Crippen molar-refractivity contribution in [1.82, 2.24) is 0 Å². The molecule has 0 aromatic heterocycles. The lowest BCUT2D eigenvalue weighted by atomic mass is 10.1. The van der Waals surface area contributed by atoms with Crippen LogP contribution in [-0.2, 0) is 4.74 Å². The Morgan fingerprint density at radius 1 is 1.33 bits per heavy atom. The smallest absolute Gasteiger partial charge is 0.103 e. The molecule has 3 atom stereocenters. The Kier molecular flexibility index (Phi) is 2.05. The average Bonchev–Trinajstić information content (AvgIpc) is 1.80. The molecule has 2 unspecified atom stereocenters. The third kappa shape index (κ3) is 1.64. The molecule has 1 fully saturated rings. The fraction of sp³-hybridized carbons (Fsp3) is 1.00. The molecule has 1 aliphatic rings. The summed E-state index contributed by atoms with van der Waals surface area (Å²) in [5.74, 6) is 0. The number of aliphatic hydroxyl groups excluding tert-OH is 2. The van der Waals surface area contributed by atoms with E-state index in [4.69, 9.17) is 14.9 Å². The highest BCUT2D eigenvalue weighted by molar-refractivity contribution is 4.74. The van der Waals surface area contributed by atoms with Crippen LogP contribution in [0.3, 0.4) is 0 Å². The van der Waals surface area contributed by atoms with Gasteiger partial charge in [0.1, 0.15) is 6.10 Å². The largest absolute Gasteiger partial charge is 0.390 e. The summed E-state index contributed by atoms with van der Waals surface area (Å²) in [4.78, 5) is 0. The average molecular weight is 132 g/mol. The Hall–Kier alpha value is -0.120. The summed E-state index contributed by atoms with van der Waals surface area (Å²) >= 11 is 0. The lowest BCUT2D eigenvalue weighted by Crippen LogP contribution is -2.39. The van der Waals surface area contributed by atoms with E-state index in [0.717, 1.165) is 0 Å². The van der Waals surface area contributed by atoms with Crippen LogP contribution in [0.4, 0.5) is 0 Å². The number of hydrogen-bond donors (Lipinski definition) is 2. The van der Waals surface area contributed by atoms with Gasteiger partial charge in [0.2, 0.25) is 0 Å². The highest BCUT2D eigenvalue weighted by atomic mass is 16.5. The van der Waals surface area contributed by atoms with E-state index in [1.165, 1.54) is 0 Å². The zero-order valence-corrected chi connectivity index (χ0v) is 5.45. The Balaban J connectivity index is 2.35. The van der Waals surface area contributed by atoms with E-state index < -0.39 is 12.2 Å². The molecule has 3 heteroatoms. The maximum atomic E-state index is 9.02. The third-order valence-corrected chi connectivity index (χ3v) is 1.57. The molecule has 0 aromatic rings. The third-order valence-electron chi connectivity index (χ3n) is 1.57. The molecule has 0 aliphatic carbocycles. The highest BCUT2D eigenvalue weighted by Crippen LogP contribution is 2.12. The van der Waals surface area contributed by atoms with Gasteiger partial charge in [-0.25, -0.2) is 0 Å². The second-order valence-corrected chi connectivity index (χ2v) is 2.51. The first-order valence-electron chi connectivity index (χ1n) is 3.18. The van der Waals surface area contributed by atoms with Crippen molar-refractivity contribution in [1.29, 1.82) is 0 Å². The van der Waals surface area contributed by atoms with Crippen molar-refractivity contribution < 1.29 is 14.9 Å². The molecule has 0 radical (unpaired) electrons. The van der Waals surface area contributed by atoms with E-state index in [1.807, 2.05) is 6.92 Å². The Morgan fingerprint density at radius 3 is 2.44 bits per heavy atom. The fourth-order valence-corrected chi connectivity index (χ4v) is 0.939. The molecule has 0 amide bonds. The van der Waals surface area contributed by atoms with Crippen LogP contribution in [0.2, 0.25) is 0 Å². The molecule has 1 rings (SSSR count). The minimum atomic E-state index is -0.679. The maximum absolute atomic E-state index is 9.02. The van der Waals surface area contributed by atoms with Crippen molar-refractivity contribution in [3.05, 3.63) is 0 Å². The first-order chi connectivity index (χ1) is 4.20. The molecule has 0 saturated carbocycles. The second-order valence-electron chi connectivity index (χ2n) is 2.51. The molecular weight excluding hydrogens is 120 g/mol. The first kappa shape index (κ1) is 6.99. The Labute approximate surface area is 54.3 Å². The van der Waals surface area contributed by atoms with Crippen molar-refractivity contribution in [2.45, 2.75) is 31.7 Å². The maximum Gasteiger partial charge on any atom is 0.103 e. The number of rotatable bonds is 0. The van der Waals surface area contributed by atoms with E-state index in [2.05, 4.69) is 0 Å². The van der Waals surface area contributed by atoms with Crippen LogP contribution in [0, 0.1) is 0 Å². The topological polar surface area (TPSA) is 49.7 Å². The minimum absolute atomic E-state index is 0.0865. The first-order valence-corrected chi connectivity index (χ1v) is 3.18. The summed E-state index contributed by atoms with van der Waals surface area (Å²) in [6.45, 7) is 2.15. The van der Waals surface area contributed by atoms with E-state index in [9.17, 15) is 0 Å². The second kappa shape index (κ2) is 2.64. The monoisotopic (exact) mass is 132 g/mol. The van der Waals surface area contributed by atoms with Gasteiger partial charge in [-0.1, -0.05) is 0 Å². The van der Waals surface area contributed by atoms with Gasteiger partial charge in [0, 0.05) is 6.42 Å². The fourth-order valence-electron chi connectivity index (χ4n) is 0.939. The van der Waals surface area contributed by atoms with E-state index in [-0.39, 0.29) is 12.7 Å². The summed E-state index contributed by atoms with van der Waals surface area (Å²) in [7, 11) is 0. The molecule has 9 heavy (non-hydrogen) atoms. The minimum Gasteiger partial charge on any atom is -0.390 e. The van der Waals surface area contributed by atoms with Crippen LogP contribution < -0.4 is 0 Å². The van der Waals surface area contributed by atoms with Crippen LogP contribution in [0.25, 0.3) is 0 Å². The van der Waals surface area contributed by atoms with Crippen LogP contribution in [-0.4, -0.2) is 35.1 Å². The summed E-state index contributed by atoms with van der Waals surface area (Å²) in [6.07, 6.45) is -0.639. The van der Waals surface area contributed by atoms with E-state index in [0.29, 0.717) is 6.42 Å². The number of ether oxygens (including phenoxy) is 1. The molecule has 1 aliphatic heterocycles. The Bertz CT molecular complexity index is 94.3. The molecular formula is C6H12O3. The van der Waals surface area contributed by atoms with Crippen LogP contribution in [0.15, 0.2) is 0 Å². The molecule has 0 spiro atoms. The number of hydrogen-bond acceptors (Lipinski definition) is 3. The summed E-state index contributed by atoms with van der Waals surface area (Å²) in [5, 5.41) is 17.9. The summed E-state index contributed by atoms with van der Waals surface area (Å²) in [6, 6.07) is 0. The Morgan fingerprint density at radius 2 is 2.00 bits per heavy atom. The molecule has 1 heterocycles. The van der Waals surface area contributed by atoms with Crippen LogP contribution in [0.1, 0.15) is 13.3 Å². The number of aliphatic hydroxyl groups is 2. The van der Waals surface area contributed by atoms with Gasteiger partial charge in [0.05, 0.1) is 18.8 Å². The molecule has 0 bridgehead atoms. The van der Waals surface area contributed by atoms with E-state index >= 15 is 0 Å². The quantitative estimate of drug-likeness (QED) is 0.468. The SMILES string of the molecule is CC1CC(O)[C@@H](O)CO1. The van der Waals surface area contributed by atoms with Crippen LogP contribution in [0.5, 0.6) is 0 Å². The molecule has 1 saturated heterocycles. The van der Waals surface area contributed by atoms with Gasteiger partial charge >= 0.3 is 0 Å². The predicted octanol–water partition coefficient (Wildman–Crippen LogP) is -0.483. The van der Waals surface area contributed by atoms with Gasteiger partial charge in [0.25, 0.3) is 0 Å². The molecule has 0 aromatic carbocycles. The summed E-state index contributed by atoms with van der Waals surface area (Å²) in [5.41, 5.74) is 0. The molecule has 2 N–H and O–H groups in total. The zero-order valence-electron chi connectivity index (χ0n) is 5.45. The van der Waals surface area contributed by atoms with Gasteiger partial charge in [-0.3, -0.25) is 0 Å². The van der Waals surface area contributed by atoms with E-state index in [1.54, 1.807) is 0 Å². The lowest BCUT2D eigenvalue weighted by Gasteiger charge is -2.27. The van der Waals surface area contributed by atoms with Crippen molar-refractivity contribution in [2.75, 3.05) is 6.61 Å².